The Balaban J connectivity index is 1.57. The first kappa shape index (κ1) is 19.2. The van der Waals surface area contributed by atoms with Crippen LogP contribution in [-0.4, -0.2) is 48.6 Å². The van der Waals surface area contributed by atoms with E-state index in [1.165, 1.54) is 23.1 Å². The van der Waals surface area contributed by atoms with Gasteiger partial charge in [-0.05, 0) is 37.7 Å². The summed E-state index contributed by atoms with van der Waals surface area (Å²) in [6, 6.07) is 1.66. The lowest BCUT2D eigenvalue weighted by Crippen LogP contribution is -2.20. The molecule has 9 nitrogen and oxygen atoms in total. The molecule has 3 aromatic heterocycles. The molecule has 0 aliphatic heterocycles. The van der Waals surface area contributed by atoms with Gasteiger partial charge in [-0.15, -0.1) is 5.10 Å². The fraction of sp³-hybridized carbons (Fsp3) is 0.444. The Morgan fingerprint density at radius 3 is 2.86 bits per heavy atom. The topological polar surface area (TPSA) is 107 Å². The molecule has 4 rings (SSSR count). The van der Waals surface area contributed by atoms with E-state index in [2.05, 4.69) is 25.2 Å². The van der Waals surface area contributed by atoms with Gasteiger partial charge in [0, 0.05) is 19.0 Å². The van der Waals surface area contributed by atoms with Crippen LogP contribution in [0, 0.1) is 5.92 Å². The summed E-state index contributed by atoms with van der Waals surface area (Å²) in [6.07, 6.45) is 9.18. The smallest absolute Gasteiger partial charge is 0.388 e. The number of hydrogen-bond acceptors (Lipinski definition) is 6. The summed E-state index contributed by atoms with van der Waals surface area (Å²) in [5.74, 6) is -0.649. The maximum Gasteiger partial charge on any atom is 0.388 e. The molecular weight excluding hydrogens is 386 g/mol. The first-order valence-electron chi connectivity index (χ1n) is 9.29. The van der Waals surface area contributed by atoms with Gasteiger partial charge in [0.2, 0.25) is 0 Å². The molecular formula is C18H20F2N6O3. The first-order valence-corrected chi connectivity index (χ1v) is 9.29. The molecule has 1 aliphatic carbocycles. The molecule has 0 spiro atoms. The van der Waals surface area contributed by atoms with Crippen molar-refractivity contribution in [2.45, 2.75) is 38.3 Å². The first-order chi connectivity index (χ1) is 14.0. The third-order valence-corrected chi connectivity index (χ3v) is 5.12. The van der Waals surface area contributed by atoms with E-state index in [9.17, 15) is 18.7 Å². The molecule has 1 saturated carbocycles. The largest absolute Gasteiger partial charge is 0.413 e. The molecule has 3 heterocycles. The van der Waals surface area contributed by atoms with E-state index < -0.39 is 12.5 Å². The number of hydrogen-bond donors (Lipinski definition) is 2. The number of aromatic nitrogens is 5. The zero-order chi connectivity index (χ0) is 20.4. The number of nitrogens with zero attached hydrogens (tertiary/aromatic N) is 5. The SMILES string of the molecule is O=C(Nc1cn([C@H]2CC[C@H](CO)CC2)nc1OC(F)F)c1cnn2cccnc12. The molecule has 0 saturated heterocycles. The number of anilines is 1. The second-order valence-corrected chi connectivity index (χ2v) is 6.96. The summed E-state index contributed by atoms with van der Waals surface area (Å²) in [4.78, 5) is 16.8. The van der Waals surface area contributed by atoms with E-state index in [0.717, 1.165) is 25.7 Å². The van der Waals surface area contributed by atoms with Gasteiger partial charge >= 0.3 is 6.61 Å². The van der Waals surface area contributed by atoms with Crippen molar-refractivity contribution in [2.24, 2.45) is 5.92 Å². The highest BCUT2D eigenvalue weighted by Gasteiger charge is 2.26. The predicted molar refractivity (Wildman–Crippen MR) is 97.9 cm³/mol. The van der Waals surface area contributed by atoms with Gasteiger partial charge in [0.05, 0.1) is 18.4 Å². The van der Waals surface area contributed by atoms with Crippen molar-refractivity contribution in [1.29, 1.82) is 0 Å². The quantitative estimate of drug-likeness (QED) is 0.652. The minimum Gasteiger partial charge on any atom is -0.413 e. The monoisotopic (exact) mass is 406 g/mol. The Kier molecular flexibility index (Phi) is 5.38. The predicted octanol–water partition coefficient (Wildman–Crippen LogP) is 2.50. The van der Waals surface area contributed by atoms with Crippen molar-refractivity contribution in [3.8, 4) is 5.88 Å². The fourth-order valence-corrected chi connectivity index (χ4v) is 3.59. The van der Waals surface area contributed by atoms with Crippen molar-refractivity contribution in [3.63, 3.8) is 0 Å². The lowest BCUT2D eigenvalue weighted by molar-refractivity contribution is -0.0529. The molecule has 0 radical (unpaired) electrons. The lowest BCUT2D eigenvalue weighted by atomic mass is 9.87. The standard InChI is InChI=1S/C18H20F2N6O3/c19-18(20)29-17-14(9-26(24-17)12-4-2-11(10-27)3-5-12)23-16(28)13-8-22-25-7-1-6-21-15(13)25/h1,6-9,11-12,18,27H,2-5,10H2,(H,23,28)/t11-,12-. The van der Waals surface area contributed by atoms with E-state index in [1.807, 2.05) is 0 Å². The molecule has 3 aromatic rings. The van der Waals surface area contributed by atoms with Gasteiger partial charge in [-0.1, -0.05) is 0 Å². The van der Waals surface area contributed by atoms with Crippen molar-refractivity contribution in [3.05, 3.63) is 36.4 Å². The van der Waals surface area contributed by atoms with Crippen LogP contribution in [0.4, 0.5) is 14.5 Å². The van der Waals surface area contributed by atoms with Crippen molar-refractivity contribution in [1.82, 2.24) is 24.4 Å². The number of aliphatic hydroxyl groups is 1. The molecule has 1 fully saturated rings. The zero-order valence-electron chi connectivity index (χ0n) is 15.4. The number of fused-ring (bicyclic) bond motifs is 1. The molecule has 0 atom stereocenters. The summed E-state index contributed by atoms with van der Waals surface area (Å²) in [6.45, 7) is -2.93. The fourth-order valence-electron chi connectivity index (χ4n) is 3.59. The number of nitrogens with one attached hydrogen (secondary N) is 1. The van der Waals surface area contributed by atoms with E-state index in [0.29, 0.717) is 5.65 Å². The lowest BCUT2D eigenvalue weighted by Gasteiger charge is -2.27. The Labute approximate surface area is 164 Å². The van der Waals surface area contributed by atoms with Gasteiger partial charge in [-0.3, -0.25) is 9.48 Å². The van der Waals surface area contributed by atoms with Crippen molar-refractivity contribution in [2.75, 3.05) is 11.9 Å². The summed E-state index contributed by atoms with van der Waals surface area (Å²) in [7, 11) is 0. The van der Waals surface area contributed by atoms with E-state index >= 15 is 0 Å². The Morgan fingerprint density at radius 2 is 2.14 bits per heavy atom. The minimum absolute atomic E-state index is 0.0119. The van der Waals surface area contributed by atoms with Crippen molar-refractivity contribution < 1.29 is 23.4 Å². The van der Waals surface area contributed by atoms with Gasteiger partial charge in [0.15, 0.2) is 5.65 Å². The van der Waals surface area contributed by atoms with E-state index in [1.54, 1.807) is 16.9 Å². The summed E-state index contributed by atoms with van der Waals surface area (Å²) < 4.78 is 33.2. The molecule has 29 heavy (non-hydrogen) atoms. The van der Waals surface area contributed by atoms with Gasteiger partial charge in [-0.2, -0.15) is 13.9 Å². The van der Waals surface area contributed by atoms with Crippen LogP contribution in [-0.2, 0) is 0 Å². The third-order valence-electron chi connectivity index (χ3n) is 5.12. The van der Waals surface area contributed by atoms with Crippen LogP contribution < -0.4 is 10.1 Å². The second-order valence-electron chi connectivity index (χ2n) is 6.96. The average molecular weight is 406 g/mol. The zero-order valence-corrected chi connectivity index (χ0v) is 15.4. The molecule has 154 valence electrons. The van der Waals surface area contributed by atoms with Crippen LogP contribution in [0.15, 0.2) is 30.9 Å². The highest BCUT2D eigenvalue weighted by molar-refractivity contribution is 6.08. The van der Waals surface area contributed by atoms with Gasteiger partial charge in [0.1, 0.15) is 11.3 Å². The summed E-state index contributed by atoms with van der Waals surface area (Å²) in [5.41, 5.74) is 0.593. The Hall–Kier alpha value is -3.08. The summed E-state index contributed by atoms with van der Waals surface area (Å²) in [5, 5.41) is 20.0. The molecule has 0 aromatic carbocycles. The second kappa shape index (κ2) is 8.11. The average Bonchev–Trinajstić information content (AvgIpc) is 3.32. The number of amides is 1. The number of carbonyl (C=O) groups excluding carboxylic acids is 1. The molecule has 11 heteroatoms. The van der Waals surface area contributed by atoms with Crippen LogP contribution in [0.5, 0.6) is 5.88 Å². The number of rotatable bonds is 6. The number of halogens is 2. The maximum absolute atomic E-state index is 12.8. The highest BCUT2D eigenvalue weighted by atomic mass is 19.3. The van der Waals surface area contributed by atoms with Crippen molar-refractivity contribution >= 4 is 17.2 Å². The molecule has 0 bridgehead atoms. The minimum atomic E-state index is -3.07. The van der Waals surface area contributed by atoms with Crippen LogP contribution >= 0.6 is 0 Å². The number of carbonyl (C=O) groups is 1. The van der Waals surface area contributed by atoms with Gasteiger partial charge in [0.25, 0.3) is 11.8 Å². The summed E-state index contributed by atoms with van der Waals surface area (Å²) >= 11 is 0. The van der Waals surface area contributed by atoms with Crippen LogP contribution in [0.25, 0.3) is 5.65 Å². The third kappa shape index (κ3) is 4.04. The number of alkyl halides is 2. The maximum atomic E-state index is 12.8. The van der Waals surface area contributed by atoms with Crippen LogP contribution in [0.2, 0.25) is 0 Å². The number of ether oxygens (including phenoxy) is 1. The molecule has 1 amide bonds. The molecule has 2 N–H and O–H groups in total. The van der Waals surface area contributed by atoms with E-state index in [-0.39, 0.29) is 35.7 Å². The highest BCUT2D eigenvalue weighted by Crippen LogP contribution is 2.34. The Morgan fingerprint density at radius 1 is 1.34 bits per heavy atom. The molecule has 0 unspecified atom stereocenters. The normalized spacial score (nSPS) is 19.6. The number of aliphatic hydroxyl groups excluding tert-OH is 1. The molecule has 1 aliphatic rings. The van der Waals surface area contributed by atoms with Crippen LogP contribution in [0.3, 0.4) is 0 Å². The van der Waals surface area contributed by atoms with Gasteiger partial charge in [-0.25, -0.2) is 9.50 Å². The van der Waals surface area contributed by atoms with E-state index in [4.69, 9.17) is 0 Å². The van der Waals surface area contributed by atoms with Crippen LogP contribution in [0.1, 0.15) is 42.1 Å². The van der Waals surface area contributed by atoms with Gasteiger partial charge < -0.3 is 15.2 Å². The Bertz CT molecular complexity index is 997.